The molecule has 0 amide bonds. The van der Waals surface area contributed by atoms with E-state index in [0.717, 1.165) is 12.8 Å². The van der Waals surface area contributed by atoms with Crippen LogP contribution in [0.1, 0.15) is 49.1 Å². The van der Waals surface area contributed by atoms with Crippen LogP contribution >= 0.6 is 23.1 Å². The molecule has 0 fully saturated rings. The molecule has 3 aliphatic rings. The zero-order valence-electron chi connectivity index (χ0n) is 29.8. The van der Waals surface area contributed by atoms with E-state index >= 15 is 0 Å². The van der Waals surface area contributed by atoms with Crippen LogP contribution < -0.4 is 0 Å². The molecule has 6 aromatic carbocycles. The average Bonchev–Trinajstić information content (AvgIpc) is 3.85. The van der Waals surface area contributed by atoms with Crippen LogP contribution in [0.25, 0.3) is 70.7 Å². The zero-order chi connectivity index (χ0) is 35.3. The average molecular weight is 716 g/mol. The molecule has 254 valence electrons. The fourth-order valence-electron chi connectivity index (χ4n) is 9.30. The predicted molar refractivity (Wildman–Crippen MR) is 230 cm³/mol. The van der Waals surface area contributed by atoms with Gasteiger partial charge in [0.05, 0.1) is 5.52 Å². The normalized spacial score (nSPS) is 20.2. The van der Waals surface area contributed by atoms with Gasteiger partial charge in [-0.05, 0) is 108 Å². The molecule has 3 heterocycles. The Morgan fingerprint density at radius 1 is 0.623 bits per heavy atom. The Morgan fingerprint density at radius 2 is 1.38 bits per heavy atom. The van der Waals surface area contributed by atoms with Crippen molar-refractivity contribution in [2.75, 3.05) is 0 Å². The Kier molecular flexibility index (Phi) is 6.81. The molecule has 53 heavy (non-hydrogen) atoms. The summed E-state index contributed by atoms with van der Waals surface area (Å²) in [7, 11) is 0. The number of thioether (sulfide) groups is 1. The smallest absolute Gasteiger partial charge is 0.0538 e. The van der Waals surface area contributed by atoms with Gasteiger partial charge in [-0.3, -0.25) is 0 Å². The van der Waals surface area contributed by atoms with Crippen molar-refractivity contribution in [3.05, 3.63) is 180 Å². The number of rotatable bonds is 4. The van der Waals surface area contributed by atoms with Crippen molar-refractivity contribution in [1.29, 1.82) is 0 Å². The summed E-state index contributed by atoms with van der Waals surface area (Å²) in [4.78, 5) is 1.40. The zero-order valence-corrected chi connectivity index (χ0v) is 31.4. The van der Waals surface area contributed by atoms with Crippen LogP contribution in [0.3, 0.4) is 0 Å². The topological polar surface area (TPSA) is 4.93 Å². The Morgan fingerprint density at radius 3 is 2.26 bits per heavy atom. The van der Waals surface area contributed by atoms with Crippen LogP contribution in [0.15, 0.2) is 163 Å². The number of fused-ring (bicyclic) bond motifs is 9. The van der Waals surface area contributed by atoms with Gasteiger partial charge in [-0.15, -0.1) is 23.1 Å². The van der Waals surface area contributed by atoms with Crippen LogP contribution in [0.4, 0.5) is 0 Å². The van der Waals surface area contributed by atoms with Gasteiger partial charge in [-0.25, -0.2) is 0 Å². The molecule has 11 rings (SSSR count). The van der Waals surface area contributed by atoms with Crippen LogP contribution in [0.5, 0.6) is 0 Å². The molecule has 1 aliphatic heterocycles. The van der Waals surface area contributed by atoms with Crippen LogP contribution in [0, 0.1) is 0 Å². The highest BCUT2D eigenvalue weighted by Gasteiger charge is 2.40. The van der Waals surface area contributed by atoms with Gasteiger partial charge in [0, 0.05) is 57.6 Å². The van der Waals surface area contributed by atoms with Gasteiger partial charge in [0.1, 0.15) is 0 Å². The van der Waals surface area contributed by atoms with Gasteiger partial charge in [-0.1, -0.05) is 121 Å². The molecule has 0 saturated heterocycles. The first-order valence-corrected chi connectivity index (χ1v) is 20.3. The highest BCUT2D eigenvalue weighted by molar-refractivity contribution is 8.01. The maximum atomic E-state index is 2.54. The maximum Gasteiger partial charge on any atom is 0.0538 e. The highest BCUT2D eigenvalue weighted by Crippen LogP contribution is 2.56. The molecule has 0 saturated carbocycles. The molecular formula is C50H37NS2. The lowest BCUT2D eigenvalue weighted by molar-refractivity contribution is 0.552. The summed E-state index contributed by atoms with van der Waals surface area (Å²) in [6.45, 7) is 4.86. The van der Waals surface area contributed by atoms with Crippen molar-refractivity contribution in [3.8, 4) is 27.9 Å². The SMILES string of the molecule is CC12CC=CC=C1c1cc(-c3ccc4sc5c(C6(C)CC=Cc7c6n(-c6ccc(-c8ccccc8)cc6)c6ccccc76)cccc5c4c3)ccc1S2. The third-order valence-corrected chi connectivity index (χ3v) is 14.6. The lowest BCUT2D eigenvalue weighted by atomic mass is 9.72. The number of para-hydroxylation sites is 1. The second-order valence-corrected chi connectivity index (χ2v) is 17.8. The molecule has 0 bridgehead atoms. The van der Waals surface area contributed by atoms with Crippen molar-refractivity contribution in [3.63, 3.8) is 0 Å². The van der Waals surface area contributed by atoms with E-state index in [1.807, 2.05) is 23.1 Å². The standard InChI is InChI=1S/C50H37NS2/c1-49(28-11-16-39-37-14-6-7-19-44(37)51(48(39)49)36-24-20-33(21-25-36)32-12-4-3-5-13-32)43-18-10-15-38-40-30-34(22-26-45(40)52-47(38)43)35-23-27-46-41(31-35)42-17-8-9-29-50(42,2)53-46/h3-27,30-31H,28-29H2,1-2H3. The first-order chi connectivity index (χ1) is 26.0. The van der Waals surface area contributed by atoms with Gasteiger partial charge in [0.15, 0.2) is 0 Å². The quantitative estimate of drug-likeness (QED) is 0.176. The molecule has 2 atom stereocenters. The number of hydrogen-bond acceptors (Lipinski definition) is 2. The number of thiophene rings is 1. The summed E-state index contributed by atoms with van der Waals surface area (Å²) in [6.07, 6.45) is 13.6. The molecule has 0 spiro atoms. The van der Waals surface area contributed by atoms with Crippen LogP contribution in [0.2, 0.25) is 0 Å². The van der Waals surface area contributed by atoms with E-state index in [9.17, 15) is 0 Å². The monoisotopic (exact) mass is 715 g/mol. The first kappa shape index (κ1) is 31.2. The fraction of sp³-hybridized carbons (Fsp3) is 0.120. The van der Waals surface area contributed by atoms with Crippen LogP contribution in [-0.4, -0.2) is 9.31 Å². The molecule has 0 N–H and O–H groups in total. The van der Waals surface area contributed by atoms with Gasteiger partial charge in [0.25, 0.3) is 0 Å². The van der Waals surface area contributed by atoms with Crippen molar-refractivity contribution in [2.45, 2.75) is 41.7 Å². The summed E-state index contributed by atoms with van der Waals surface area (Å²) >= 11 is 3.97. The van der Waals surface area contributed by atoms with Gasteiger partial charge >= 0.3 is 0 Å². The molecule has 1 nitrogen and oxygen atoms in total. The number of benzene rings is 6. The molecule has 0 radical (unpaired) electrons. The summed E-state index contributed by atoms with van der Waals surface area (Å²) in [5.74, 6) is 0. The Labute approximate surface area is 318 Å². The Balaban J connectivity index is 1.06. The molecule has 3 heteroatoms. The largest absolute Gasteiger partial charge is 0.312 e. The molecule has 2 aromatic heterocycles. The second kappa shape index (κ2) is 11.6. The van der Waals surface area contributed by atoms with E-state index in [2.05, 4.69) is 182 Å². The van der Waals surface area contributed by atoms with E-state index in [4.69, 9.17) is 0 Å². The number of hydrogen-bond donors (Lipinski definition) is 0. The lowest BCUT2D eigenvalue weighted by Crippen LogP contribution is -2.29. The minimum Gasteiger partial charge on any atom is -0.312 e. The number of nitrogens with zero attached hydrogens (tertiary/aromatic N) is 1. The van der Waals surface area contributed by atoms with E-state index in [-0.39, 0.29) is 10.2 Å². The van der Waals surface area contributed by atoms with Gasteiger partial charge in [-0.2, -0.15) is 0 Å². The fourth-order valence-corrected chi connectivity index (χ4v) is 12.0. The molecular weight excluding hydrogens is 679 g/mol. The molecule has 2 aliphatic carbocycles. The summed E-state index contributed by atoms with van der Waals surface area (Å²) in [6, 6.07) is 50.0. The minimum atomic E-state index is -0.239. The van der Waals surface area contributed by atoms with E-state index < -0.39 is 0 Å². The summed E-state index contributed by atoms with van der Waals surface area (Å²) < 4.78 is 5.41. The number of allylic oxidation sites excluding steroid dienone is 4. The summed E-state index contributed by atoms with van der Waals surface area (Å²) in [5.41, 5.74) is 14.2. The minimum absolute atomic E-state index is 0.140. The Hall–Kier alpha value is -5.35. The van der Waals surface area contributed by atoms with Crippen LogP contribution in [-0.2, 0) is 5.41 Å². The first-order valence-electron chi connectivity index (χ1n) is 18.6. The van der Waals surface area contributed by atoms with E-state index in [1.54, 1.807) is 0 Å². The lowest BCUT2D eigenvalue weighted by Gasteiger charge is -2.34. The van der Waals surface area contributed by atoms with Gasteiger partial charge in [0.2, 0.25) is 0 Å². The van der Waals surface area contributed by atoms with Crippen molar-refractivity contribution in [2.24, 2.45) is 0 Å². The third kappa shape index (κ3) is 4.64. The van der Waals surface area contributed by atoms with Crippen molar-refractivity contribution in [1.82, 2.24) is 4.57 Å². The van der Waals surface area contributed by atoms with E-state index in [1.165, 1.54) is 91.9 Å². The molecule has 8 aromatic rings. The molecule has 2 unspecified atom stereocenters. The van der Waals surface area contributed by atoms with Crippen molar-refractivity contribution < 1.29 is 0 Å². The third-order valence-electron chi connectivity index (χ3n) is 12.0. The maximum absolute atomic E-state index is 2.54. The van der Waals surface area contributed by atoms with E-state index in [0.29, 0.717) is 0 Å². The van der Waals surface area contributed by atoms with Gasteiger partial charge < -0.3 is 4.57 Å². The predicted octanol–water partition coefficient (Wildman–Crippen LogP) is 14.3. The Bertz CT molecular complexity index is 2880. The van der Waals surface area contributed by atoms with Crippen molar-refractivity contribution >= 4 is 65.8 Å². The second-order valence-electron chi connectivity index (χ2n) is 15.2. The summed E-state index contributed by atoms with van der Waals surface area (Å²) in [5, 5.41) is 4.00. The highest BCUT2D eigenvalue weighted by atomic mass is 32.2. The number of aromatic nitrogens is 1.